The maximum absolute atomic E-state index is 4.87. The molecule has 44 valence electrons. The lowest BCUT2D eigenvalue weighted by molar-refractivity contribution is 0.284. The summed E-state index contributed by atoms with van der Waals surface area (Å²) in [5.41, 5.74) is 0.986. The minimum Gasteiger partial charge on any atom is -0.497 e. The van der Waals surface area contributed by atoms with Gasteiger partial charge in [0.05, 0.1) is 6.26 Å². The third-order valence-corrected chi connectivity index (χ3v) is 1.13. The highest BCUT2D eigenvalue weighted by molar-refractivity contribution is 7.78. The summed E-state index contributed by atoms with van der Waals surface area (Å²) < 4.78 is 7.56. The Morgan fingerprint density at radius 3 is 3.00 bits per heavy atom. The van der Waals surface area contributed by atoms with E-state index in [0.717, 1.165) is 5.70 Å². The lowest BCUT2D eigenvalue weighted by atomic mass is 10.4. The number of nitrogens with one attached hydrogen (secondary N) is 1. The number of ether oxygens (including phenoxy) is 1. The van der Waals surface area contributed by atoms with E-state index in [-0.39, 0.29) is 0 Å². The van der Waals surface area contributed by atoms with Crippen molar-refractivity contribution in [1.29, 1.82) is 0 Å². The first-order valence-electron chi connectivity index (χ1n) is 2.32. The Balaban J connectivity index is 2.51. The molecule has 0 aromatic carbocycles. The van der Waals surface area contributed by atoms with Gasteiger partial charge in [-0.2, -0.15) is 0 Å². The molecular weight excluding hydrogens is 122 g/mol. The van der Waals surface area contributed by atoms with E-state index < -0.39 is 0 Å². The molecule has 0 spiro atoms. The summed E-state index contributed by atoms with van der Waals surface area (Å²) in [7, 11) is 0. The normalized spacial score (nSPS) is 16.9. The minimum absolute atomic E-state index is 0.638. The van der Waals surface area contributed by atoms with Gasteiger partial charge in [0, 0.05) is 5.70 Å². The van der Waals surface area contributed by atoms with Gasteiger partial charge >= 0.3 is 0 Å². The summed E-state index contributed by atoms with van der Waals surface area (Å²) in [5.74, 6) is 0. The van der Waals surface area contributed by atoms with E-state index in [9.17, 15) is 0 Å². The van der Waals surface area contributed by atoms with Crippen LogP contribution in [0.15, 0.2) is 24.1 Å². The Hall–Kier alpha value is -0.570. The highest BCUT2D eigenvalue weighted by atomic mass is 32.1. The molecule has 0 unspecified atom stereocenters. The molecule has 1 aliphatic rings. The zero-order valence-electron chi connectivity index (χ0n) is 4.29. The number of rotatable bonds is 1. The quantitative estimate of drug-likeness (QED) is 0.512. The summed E-state index contributed by atoms with van der Waals surface area (Å²) >= 11 is 3.84. The first kappa shape index (κ1) is 5.56. The maximum atomic E-state index is 4.87. The van der Waals surface area contributed by atoms with E-state index in [1.807, 2.05) is 12.2 Å². The van der Waals surface area contributed by atoms with Crippen molar-refractivity contribution < 1.29 is 4.74 Å². The fourth-order valence-corrected chi connectivity index (χ4v) is 0.632. The molecular formula is C5H7NOS. The van der Waals surface area contributed by atoms with Gasteiger partial charge in [0.15, 0.2) is 0 Å². The zero-order chi connectivity index (χ0) is 5.82. The molecule has 0 aromatic heterocycles. The molecule has 0 radical (unpaired) electrons. The van der Waals surface area contributed by atoms with Crippen LogP contribution in [0.1, 0.15) is 0 Å². The highest BCUT2D eigenvalue weighted by Gasteiger charge is 1.90. The fourth-order valence-electron chi connectivity index (χ4n) is 0.466. The lowest BCUT2D eigenvalue weighted by Gasteiger charge is -2.04. The number of allylic oxidation sites excluding steroid dienone is 1. The molecule has 3 heteroatoms. The van der Waals surface area contributed by atoms with Gasteiger partial charge in [0.1, 0.15) is 6.61 Å². The predicted molar refractivity (Wildman–Crippen MR) is 35.3 cm³/mol. The van der Waals surface area contributed by atoms with Crippen molar-refractivity contribution in [3.8, 4) is 0 Å². The second-order valence-electron chi connectivity index (χ2n) is 1.41. The summed E-state index contributed by atoms with van der Waals surface area (Å²) in [6.07, 6.45) is 5.36. The van der Waals surface area contributed by atoms with Gasteiger partial charge in [-0.05, 0) is 12.2 Å². The molecule has 2 nitrogen and oxygen atoms in total. The third kappa shape index (κ3) is 1.20. The van der Waals surface area contributed by atoms with E-state index in [4.69, 9.17) is 4.74 Å². The van der Waals surface area contributed by atoms with Crippen molar-refractivity contribution >= 4 is 12.8 Å². The molecule has 1 N–H and O–H groups in total. The largest absolute Gasteiger partial charge is 0.497 e. The third-order valence-electron chi connectivity index (χ3n) is 0.872. The van der Waals surface area contributed by atoms with Crippen molar-refractivity contribution in [2.24, 2.45) is 0 Å². The van der Waals surface area contributed by atoms with Crippen LogP contribution in [0.3, 0.4) is 0 Å². The van der Waals surface area contributed by atoms with Crippen LogP contribution < -0.4 is 4.72 Å². The Morgan fingerprint density at radius 2 is 2.62 bits per heavy atom. The summed E-state index contributed by atoms with van der Waals surface area (Å²) in [6, 6.07) is 0. The molecule has 1 rings (SSSR count). The van der Waals surface area contributed by atoms with Crippen LogP contribution in [-0.2, 0) is 4.74 Å². The Kier molecular flexibility index (Phi) is 1.86. The second-order valence-corrected chi connectivity index (χ2v) is 1.63. The van der Waals surface area contributed by atoms with Crippen LogP contribution in [0.5, 0.6) is 0 Å². The maximum Gasteiger partial charge on any atom is 0.108 e. The first-order chi connectivity index (χ1) is 3.93. The smallest absolute Gasteiger partial charge is 0.108 e. The van der Waals surface area contributed by atoms with Gasteiger partial charge in [-0.15, -0.1) is 0 Å². The van der Waals surface area contributed by atoms with Crippen LogP contribution in [0.25, 0.3) is 0 Å². The summed E-state index contributed by atoms with van der Waals surface area (Å²) in [4.78, 5) is 0. The van der Waals surface area contributed by atoms with Crippen LogP contribution in [-0.4, -0.2) is 6.61 Å². The SMILES string of the molecule is SNC1=CCOC=C1. The van der Waals surface area contributed by atoms with Crippen molar-refractivity contribution in [1.82, 2.24) is 4.72 Å². The van der Waals surface area contributed by atoms with Gasteiger partial charge in [-0.3, -0.25) is 0 Å². The Morgan fingerprint density at radius 1 is 1.75 bits per heavy atom. The van der Waals surface area contributed by atoms with Crippen LogP contribution in [0, 0.1) is 0 Å². The molecule has 0 saturated carbocycles. The standard InChI is InChI=1S/C5H7NOS/c8-6-5-1-3-7-4-2-5/h1-3,6,8H,4H2. The molecule has 0 bridgehead atoms. The molecule has 8 heavy (non-hydrogen) atoms. The molecule has 1 aliphatic heterocycles. The molecule has 1 heterocycles. The summed E-state index contributed by atoms with van der Waals surface area (Å²) in [5, 5.41) is 0. The zero-order valence-corrected chi connectivity index (χ0v) is 5.19. The first-order valence-corrected chi connectivity index (χ1v) is 2.76. The molecule has 0 fully saturated rings. The minimum atomic E-state index is 0.638. The van der Waals surface area contributed by atoms with E-state index in [1.54, 1.807) is 6.26 Å². The monoisotopic (exact) mass is 129 g/mol. The van der Waals surface area contributed by atoms with Crippen LogP contribution in [0.2, 0.25) is 0 Å². The molecule has 0 aromatic rings. The lowest BCUT2D eigenvalue weighted by Crippen LogP contribution is -2.01. The van der Waals surface area contributed by atoms with Gasteiger partial charge in [0.25, 0.3) is 0 Å². The van der Waals surface area contributed by atoms with Gasteiger partial charge in [0.2, 0.25) is 0 Å². The van der Waals surface area contributed by atoms with E-state index >= 15 is 0 Å². The van der Waals surface area contributed by atoms with Gasteiger partial charge < -0.3 is 9.46 Å². The van der Waals surface area contributed by atoms with Crippen molar-refractivity contribution in [3.63, 3.8) is 0 Å². The number of hydrogen-bond acceptors (Lipinski definition) is 3. The fraction of sp³-hybridized carbons (Fsp3) is 0.200. The molecule has 0 aliphatic carbocycles. The summed E-state index contributed by atoms with van der Waals surface area (Å²) in [6.45, 7) is 0.638. The Labute approximate surface area is 53.8 Å². The average molecular weight is 129 g/mol. The van der Waals surface area contributed by atoms with Crippen molar-refractivity contribution in [2.45, 2.75) is 0 Å². The molecule has 0 saturated heterocycles. The van der Waals surface area contributed by atoms with E-state index in [1.165, 1.54) is 0 Å². The Bertz CT molecular complexity index is 130. The van der Waals surface area contributed by atoms with Crippen LogP contribution in [0.4, 0.5) is 0 Å². The predicted octanol–water partition coefficient (Wildman–Crippen LogP) is 0.849. The van der Waals surface area contributed by atoms with Gasteiger partial charge in [-0.25, -0.2) is 0 Å². The second kappa shape index (κ2) is 2.67. The van der Waals surface area contributed by atoms with E-state index in [0.29, 0.717) is 6.61 Å². The molecule has 0 amide bonds. The highest BCUT2D eigenvalue weighted by Crippen LogP contribution is 1.98. The van der Waals surface area contributed by atoms with Crippen molar-refractivity contribution in [2.75, 3.05) is 6.61 Å². The van der Waals surface area contributed by atoms with Crippen molar-refractivity contribution in [3.05, 3.63) is 24.1 Å². The molecule has 0 atom stereocenters. The average Bonchev–Trinajstić information content (AvgIpc) is 1.90. The van der Waals surface area contributed by atoms with E-state index in [2.05, 4.69) is 17.5 Å². The number of hydrogen-bond donors (Lipinski definition) is 2. The van der Waals surface area contributed by atoms with Crippen LogP contribution >= 0.6 is 12.8 Å². The topological polar surface area (TPSA) is 21.3 Å². The number of thiol groups is 1. The van der Waals surface area contributed by atoms with Gasteiger partial charge in [-0.1, -0.05) is 12.8 Å².